The molecule has 0 saturated heterocycles. The number of nitrogens with one attached hydrogen (secondary N) is 1. The highest BCUT2D eigenvalue weighted by Crippen LogP contribution is 2.31. The summed E-state index contributed by atoms with van der Waals surface area (Å²) in [6.45, 7) is 3.72. The van der Waals surface area contributed by atoms with Crippen molar-refractivity contribution in [3.63, 3.8) is 0 Å². The lowest BCUT2D eigenvalue weighted by Gasteiger charge is -2.21. The van der Waals surface area contributed by atoms with Gasteiger partial charge in [0.25, 0.3) is 0 Å². The van der Waals surface area contributed by atoms with Gasteiger partial charge >= 0.3 is 0 Å². The highest BCUT2D eigenvalue weighted by Gasteiger charge is 2.15. The van der Waals surface area contributed by atoms with Crippen LogP contribution >= 0.6 is 11.3 Å². The fourth-order valence-electron chi connectivity index (χ4n) is 1.96. The van der Waals surface area contributed by atoms with Crippen molar-refractivity contribution in [2.45, 2.75) is 13.3 Å². The molecule has 2 heterocycles. The van der Waals surface area contributed by atoms with Gasteiger partial charge in [0.2, 0.25) is 5.75 Å². The SMILES string of the molecule is CCNc1ncnc(N(C)CCc2cccs2)c1OC. The zero-order valence-corrected chi connectivity index (χ0v) is 12.9. The molecule has 0 aliphatic carbocycles. The monoisotopic (exact) mass is 292 g/mol. The average Bonchev–Trinajstić information content (AvgIpc) is 2.98. The Labute approximate surface area is 123 Å². The van der Waals surface area contributed by atoms with E-state index in [2.05, 4.69) is 37.7 Å². The summed E-state index contributed by atoms with van der Waals surface area (Å²) < 4.78 is 5.46. The summed E-state index contributed by atoms with van der Waals surface area (Å²) in [5.41, 5.74) is 0. The molecule has 2 rings (SSSR count). The number of ether oxygens (including phenoxy) is 1. The first-order valence-corrected chi connectivity index (χ1v) is 7.50. The molecule has 6 heteroatoms. The topological polar surface area (TPSA) is 50.3 Å². The summed E-state index contributed by atoms with van der Waals surface area (Å²) in [6.07, 6.45) is 2.56. The first-order valence-electron chi connectivity index (χ1n) is 6.62. The maximum atomic E-state index is 5.46. The van der Waals surface area contributed by atoms with Crippen molar-refractivity contribution in [3.8, 4) is 5.75 Å². The summed E-state index contributed by atoms with van der Waals surface area (Å²) in [5, 5.41) is 5.29. The van der Waals surface area contributed by atoms with Crippen LogP contribution in [0, 0.1) is 0 Å². The molecule has 0 atom stereocenters. The average molecular weight is 292 g/mol. The van der Waals surface area contributed by atoms with Crippen molar-refractivity contribution >= 4 is 23.0 Å². The molecule has 0 saturated carbocycles. The van der Waals surface area contributed by atoms with Crippen LogP contribution in [0.25, 0.3) is 0 Å². The molecule has 2 aromatic rings. The summed E-state index contributed by atoms with van der Waals surface area (Å²) in [6, 6.07) is 4.23. The lowest BCUT2D eigenvalue weighted by Crippen LogP contribution is -2.22. The third-order valence-electron chi connectivity index (χ3n) is 2.97. The lowest BCUT2D eigenvalue weighted by atomic mass is 10.3. The zero-order chi connectivity index (χ0) is 14.4. The molecule has 2 aromatic heterocycles. The van der Waals surface area contributed by atoms with Gasteiger partial charge in [-0.3, -0.25) is 0 Å². The largest absolute Gasteiger partial charge is 0.490 e. The number of methoxy groups -OCH3 is 1. The molecule has 5 nitrogen and oxygen atoms in total. The molecule has 108 valence electrons. The van der Waals surface area contributed by atoms with E-state index >= 15 is 0 Å². The normalized spacial score (nSPS) is 10.3. The van der Waals surface area contributed by atoms with Crippen molar-refractivity contribution in [1.29, 1.82) is 0 Å². The third kappa shape index (κ3) is 3.39. The van der Waals surface area contributed by atoms with Crippen LogP contribution in [-0.4, -0.2) is 37.2 Å². The third-order valence-corrected chi connectivity index (χ3v) is 3.90. The molecule has 0 aliphatic heterocycles. The van der Waals surface area contributed by atoms with Crippen LogP contribution in [0.2, 0.25) is 0 Å². The van der Waals surface area contributed by atoms with Crippen LogP contribution in [0.4, 0.5) is 11.6 Å². The van der Waals surface area contributed by atoms with Crippen LogP contribution in [0.1, 0.15) is 11.8 Å². The molecule has 0 amide bonds. The van der Waals surface area contributed by atoms with E-state index in [1.165, 1.54) is 4.88 Å². The number of thiophene rings is 1. The van der Waals surface area contributed by atoms with E-state index in [1.807, 2.05) is 14.0 Å². The fraction of sp³-hybridized carbons (Fsp3) is 0.429. The van der Waals surface area contributed by atoms with E-state index in [0.29, 0.717) is 5.75 Å². The van der Waals surface area contributed by atoms with Gasteiger partial charge in [0.1, 0.15) is 6.33 Å². The van der Waals surface area contributed by atoms with Gasteiger partial charge in [-0.1, -0.05) is 6.07 Å². The molecule has 0 aromatic carbocycles. The van der Waals surface area contributed by atoms with E-state index < -0.39 is 0 Å². The van der Waals surface area contributed by atoms with Gasteiger partial charge in [-0.2, -0.15) is 0 Å². The Kier molecular flexibility index (Phi) is 5.17. The van der Waals surface area contributed by atoms with E-state index in [-0.39, 0.29) is 0 Å². The number of hydrogen-bond donors (Lipinski definition) is 1. The fourth-order valence-corrected chi connectivity index (χ4v) is 2.65. The second kappa shape index (κ2) is 7.09. The van der Waals surface area contributed by atoms with Crippen molar-refractivity contribution in [2.75, 3.05) is 37.5 Å². The van der Waals surface area contributed by atoms with Crippen LogP contribution in [0.5, 0.6) is 5.75 Å². The summed E-state index contributed by atoms with van der Waals surface area (Å²) in [7, 11) is 3.67. The number of nitrogens with zero attached hydrogens (tertiary/aromatic N) is 3. The molecular weight excluding hydrogens is 272 g/mol. The van der Waals surface area contributed by atoms with E-state index in [9.17, 15) is 0 Å². The molecule has 0 aliphatic rings. The Morgan fingerprint density at radius 1 is 1.40 bits per heavy atom. The van der Waals surface area contributed by atoms with Crippen LogP contribution in [-0.2, 0) is 6.42 Å². The molecule has 20 heavy (non-hydrogen) atoms. The van der Waals surface area contributed by atoms with Crippen molar-refractivity contribution < 1.29 is 4.74 Å². The predicted molar refractivity (Wildman–Crippen MR) is 84.0 cm³/mol. The number of likely N-dealkylation sites (N-methyl/N-ethyl adjacent to an activating group) is 1. The van der Waals surface area contributed by atoms with E-state index in [1.54, 1.807) is 24.8 Å². The van der Waals surface area contributed by atoms with Crippen LogP contribution < -0.4 is 15.0 Å². The highest BCUT2D eigenvalue weighted by molar-refractivity contribution is 7.09. The standard InChI is InChI=1S/C14H20N4OS/c1-4-15-13-12(19-3)14(17-10-16-13)18(2)8-7-11-6-5-9-20-11/h5-6,9-10H,4,7-8H2,1-3H3,(H,15,16,17). The molecule has 1 N–H and O–H groups in total. The zero-order valence-electron chi connectivity index (χ0n) is 12.1. The Bertz CT molecular complexity index is 530. The number of anilines is 2. The molecule has 0 bridgehead atoms. The van der Waals surface area contributed by atoms with Gasteiger partial charge in [0.15, 0.2) is 11.6 Å². The Morgan fingerprint density at radius 2 is 2.25 bits per heavy atom. The second-order valence-corrected chi connectivity index (χ2v) is 5.39. The minimum atomic E-state index is 0.697. The molecular formula is C14H20N4OS. The maximum Gasteiger partial charge on any atom is 0.204 e. The van der Waals surface area contributed by atoms with Crippen LogP contribution in [0.15, 0.2) is 23.8 Å². The van der Waals surface area contributed by atoms with E-state index in [4.69, 9.17) is 4.74 Å². The van der Waals surface area contributed by atoms with Gasteiger partial charge in [-0.25, -0.2) is 9.97 Å². The lowest BCUT2D eigenvalue weighted by molar-refractivity contribution is 0.413. The van der Waals surface area contributed by atoms with Gasteiger partial charge < -0.3 is 15.0 Å². The first kappa shape index (κ1) is 14.6. The number of hydrogen-bond acceptors (Lipinski definition) is 6. The highest BCUT2D eigenvalue weighted by atomic mass is 32.1. The van der Waals surface area contributed by atoms with Crippen LogP contribution in [0.3, 0.4) is 0 Å². The number of aromatic nitrogens is 2. The Hall–Kier alpha value is -1.82. The minimum absolute atomic E-state index is 0.697. The molecule has 0 fully saturated rings. The number of rotatable bonds is 7. The Morgan fingerprint density at radius 3 is 2.90 bits per heavy atom. The maximum absolute atomic E-state index is 5.46. The molecule has 0 spiro atoms. The van der Waals surface area contributed by atoms with Crippen molar-refractivity contribution in [2.24, 2.45) is 0 Å². The first-order chi connectivity index (χ1) is 9.76. The van der Waals surface area contributed by atoms with Gasteiger partial charge in [0, 0.05) is 25.0 Å². The summed E-state index contributed by atoms with van der Waals surface area (Å²) in [4.78, 5) is 12.0. The summed E-state index contributed by atoms with van der Waals surface area (Å²) >= 11 is 1.78. The van der Waals surface area contributed by atoms with Gasteiger partial charge in [-0.15, -0.1) is 11.3 Å². The minimum Gasteiger partial charge on any atom is -0.490 e. The van der Waals surface area contributed by atoms with Crippen molar-refractivity contribution in [3.05, 3.63) is 28.7 Å². The van der Waals surface area contributed by atoms with Gasteiger partial charge in [-0.05, 0) is 24.8 Å². The van der Waals surface area contributed by atoms with E-state index in [0.717, 1.165) is 31.1 Å². The van der Waals surface area contributed by atoms with Crippen molar-refractivity contribution in [1.82, 2.24) is 9.97 Å². The smallest absolute Gasteiger partial charge is 0.204 e. The molecule has 0 radical (unpaired) electrons. The van der Waals surface area contributed by atoms with Gasteiger partial charge in [0.05, 0.1) is 7.11 Å². The quantitative estimate of drug-likeness (QED) is 0.850. The Balaban J connectivity index is 2.11. The predicted octanol–water partition coefficient (Wildman–Crippen LogP) is 2.66. The molecule has 0 unspecified atom stereocenters. The summed E-state index contributed by atoms with van der Waals surface area (Å²) in [5.74, 6) is 2.25. The second-order valence-electron chi connectivity index (χ2n) is 4.36.